The minimum Gasteiger partial charge on any atom is -0.467 e. The molecule has 2 aromatic heterocycles. The summed E-state index contributed by atoms with van der Waals surface area (Å²) in [5.74, 6) is 0.433. The minimum absolute atomic E-state index is 0.0637. The molecule has 3 aromatic rings. The van der Waals surface area contributed by atoms with Gasteiger partial charge in [0.15, 0.2) is 0 Å². The molecule has 0 saturated carbocycles. The smallest absolute Gasteiger partial charge is 0.266 e. The Morgan fingerprint density at radius 1 is 1.22 bits per heavy atom. The molecule has 27 heavy (non-hydrogen) atoms. The van der Waals surface area contributed by atoms with Crippen LogP contribution in [0.3, 0.4) is 0 Å². The highest BCUT2D eigenvalue weighted by molar-refractivity contribution is 6.09. The molecule has 0 bridgehead atoms. The van der Waals surface area contributed by atoms with Gasteiger partial charge in [-0.1, -0.05) is 17.7 Å². The zero-order valence-electron chi connectivity index (χ0n) is 15.6. The summed E-state index contributed by atoms with van der Waals surface area (Å²) in [6.45, 7) is 6.54. The van der Waals surface area contributed by atoms with E-state index in [1.54, 1.807) is 12.3 Å². The Morgan fingerprint density at radius 2 is 1.96 bits per heavy atom. The number of rotatable bonds is 5. The van der Waals surface area contributed by atoms with Crippen molar-refractivity contribution < 1.29 is 9.21 Å². The Balaban J connectivity index is 1.84. The van der Waals surface area contributed by atoms with E-state index >= 15 is 0 Å². The van der Waals surface area contributed by atoms with Gasteiger partial charge in [0.1, 0.15) is 17.4 Å². The number of benzene rings is 1. The number of carbonyl (C=O) groups is 1. The maximum Gasteiger partial charge on any atom is 0.266 e. The van der Waals surface area contributed by atoms with Gasteiger partial charge in [-0.2, -0.15) is 5.26 Å². The van der Waals surface area contributed by atoms with E-state index in [0.29, 0.717) is 12.2 Å². The van der Waals surface area contributed by atoms with Crippen molar-refractivity contribution in [1.29, 1.82) is 5.26 Å². The van der Waals surface area contributed by atoms with E-state index in [-0.39, 0.29) is 5.57 Å². The van der Waals surface area contributed by atoms with Crippen LogP contribution in [0.5, 0.6) is 0 Å². The zero-order valence-corrected chi connectivity index (χ0v) is 15.6. The summed E-state index contributed by atoms with van der Waals surface area (Å²) in [5.41, 5.74) is 4.68. The summed E-state index contributed by atoms with van der Waals surface area (Å²) in [7, 11) is 0. The molecule has 0 unspecified atom stereocenters. The highest BCUT2D eigenvalue weighted by Crippen LogP contribution is 2.20. The Hall–Kier alpha value is -3.52. The first-order valence-corrected chi connectivity index (χ1v) is 8.67. The molecular formula is C22H21N3O2. The number of aromatic nitrogens is 1. The standard InChI is InChI=1S/C22H21N3O2/c1-15-6-8-20(9-7-15)24-22(26)19(13-23)12-18-11-16(2)25(17(18)3)14-21-5-4-10-27-21/h4-12H,14H2,1-3H3,(H,24,26)/b19-12+. The molecule has 0 saturated heterocycles. The monoisotopic (exact) mass is 359 g/mol. The number of carbonyl (C=O) groups excluding carboxylic acids is 1. The zero-order chi connectivity index (χ0) is 19.4. The normalized spacial score (nSPS) is 11.3. The van der Waals surface area contributed by atoms with E-state index in [4.69, 9.17) is 4.42 Å². The fraction of sp³-hybridized carbons (Fsp3) is 0.182. The number of nitriles is 1. The van der Waals surface area contributed by atoms with Gasteiger partial charge in [0.25, 0.3) is 5.91 Å². The number of amides is 1. The number of furan rings is 1. The van der Waals surface area contributed by atoms with Crippen molar-refractivity contribution in [2.45, 2.75) is 27.3 Å². The Labute approximate surface area is 158 Å². The van der Waals surface area contributed by atoms with Crippen molar-refractivity contribution in [2.75, 3.05) is 5.32 Å². The third kappa shape index (κ3) is 4.18. The van der Waals surface area contributed by atoms with Crippen LogP contribution in [-0.4, -0.2) is 10.5 Å². The molecular weight excluding hydrogens is 338 g/mol. The third-order valence-electron chi connectivity index (χ3n) is 4.48. The molecule has 0 fully saturated rings. The second kappa shape index (κ2) is 7.79. The Bertz CT molecular complexity index is 1020. The largest absolute Gasteiger partial charge is 0.467 e. The lowest BCUT2D eigenvalue weighted by Gasteiger charge is -2.07. The maximum absolute atomic E-state index is 12.5. The molecule has 5 nitrogen and oxygen atoms in total. The second-order valence-corrected chi connectivity index (χ2v) is 6.48. The van der Waals surface area contributed by atoms with E-state index < -0.39 is 5.91 Å². The lowest BCUT2D eigenvalue weighted by atomic mass is 10.1. The summed E-state index contributed by atoms with van der Waals surface area (Å²) >= 11 is 0. The highest BCUT2D eigenvalue weighted by atomic mass is 16.3. The SMILES string of the molecule is Cc1ccc(NC(=O)/C(C#N)=C/c2cc(C)n(Cc3ccco3)c2C)cc1. The van der Waals surface area contributed by atoms with Crippen molar-refractivity contribution in [3.63, 3.8) is 0 Å². The van der Waals surface area contributed by atoms with E-state index in [1.165, 1.54) is 0 Å². The van der Waals surface area contributed by atoms with E-state index in [0.717, 1.165) is 28.3 Å². The average molecular weight is 359 g/mol. The molecule has 1 amide bonds. The van der Waals surface area contributed by atoms with E-state index in [1.807, 2.05) is 69.3 Å². The molecule has 0 spiro atoms. The molecule has 0 aliphatic heterocycles. The average Bonchev–Trinajstić information content (AvgIpc) is 3.25. The molecule has 1 aromatic carbocycles. The number of hydrogen-bond donors (Lipinski definition) is 1. The van der Waals surface area contributed by atoms with Crippen LogP contribution in [0.15, 0.2) is 58.7 Å². The lowest BCUT2D eigenvalue weighted by Crippen LogP contribution is -2.13. The van der Waals surface area contributed by atoms with Crippen molar-refractivity contribution in [1.82, 2.24) is 4.57 Å². The Morgan fingerprint density at radius 3 is 2.59 bits per heavy atom. The summed E-state index contributed by atoms with van der Waals surface area (Å²) in [6.07, 6.45) is 3.28. The van der Waals surface area contributed by atoms with Crippen LogP contribution in [0.2, 0.25) is 0 Å². The molecule has 5 heteroatoms. The predicted molar refractivity (Wildman–Crippen MR) is 105 cm³/mol. The predicted octanol–water partition coefficient (Wildman–Crippen LogP) is 4.60. The molecule has 0 aliphatic carbocycles. The van der Waals surface area contributed by atoms with Gasteiger partial charge in [-0.3, -0.25) is 4.79 Å². The van der Waals surface area contributed by atoms with Crippen molar-refractivity contribution in [2.24, 2.45) is 0 Å². The first kappa shape index (κ1) is 18.3. The molecule has 2 heterocycles. The summed E-state index contributed by atoms with van der Waals surface area (Å²) in [6, 6.07) is 15.2. The van der Waals surface area contributed by atoms with E-state index in [9.17, 15) is 10.1 Å². The van der Waals surface area contributed by atoms with Gasteiger partial charge in [-0.25, -0.2) is 0 Å². The van der Waals surface area contributed by atoms with Crippen molar-refractivity contribution in [3.8, 4) is 6.07 Å². The summed E-state index contributed by atoms with van der Waals surface area (Å²) in [4.78, 5) is 12.5. The fourth-order valence-corrected chi connectivity index (χ4v) is 2.91. The number of aryl methyl sites for hydroxylation is 2. The van der Waals surface area contributed by atoms with Crippen molar-refractivity contribution in [3.05, 3.63) is 82.6 Å². The number of nitrogens with zero attached hydrogens (tertiary/aromatic N) is 2. The first-order chi connectivity index (χ1) is 13.0. The van der Waals surface area contributed by atoms with Gasteiger partial charge in [0, 0.05) is 17.1 Å². The van der Waals surface area contributed by atoms with Gasteiger partial charge in [-0.15, -0.1) is 0 Å². The summed E-state index contributed by atoms with van der Waals surface area (Å²) < 4.78 is 7.51. The fourth-order valence-electron chi connectivity index (χ4n) is 2.91. The van der Waals surface area contributed by atoms with Gasteiger partial charge in [0.2, 0.25) is 0 Å². The molecule has 1 N–H and O–H groups in total. The molecule has 0 radical (unpaired) electrons. The van der Waals surface area contributed by atoms with Gasteiger partial charge >= 0.3 is 0 Å². The van der Waals surface area contributed by atoms with Crippen LogP contribution in [0.25, 0.3) is 6.08 Å². The van der Waals surface area contributed by atoms with Gasteiger partial charge in [0.05, 0.1) is 12.8 Å². The Kier molecular flexibility index (Phi) is 5.28. The molecule has 3 rings (SSSR count). The van der Waals surface area contributed by atoms with Crippen LogP contribution in [0.4, 0.5) is 5.69 Å². The van der Waals surface area contributed by atoms with E-state index in [2.05, 4.69) is 9.88 Å². The number of hydrogen-bond acceptors (Lipinski definition) is 3. The minimum atomic E-state index is -0.419. The van der Waals surface area contributed by atoms with Crippen molar-refractivity contribution >= 4 is 17.7 Å². The number of nitrogens with one attached hydrogen (secondary N) is 1. The molecule has 136 valence electrons. The van der Waals surface area contributed by atoms with Crippen LogP contribution < -0.4 is 5.32 Å². The topological polar surface area (TPSA) is 71.0 Å². The van der Waals surface area contributed by atoms with Crippen LogP contribution in [0.1, 0.15) is 28.3 Å². The third-order valence-corrected chi connectivity index (χ3v) is 4.48. The van der Waals surface area contributed by atoms with Crippen LogP contribution in [0, 0.1) is 32.1 Å². The maximum atomic E-state index is 12.5. The lowest BCUT2D eigenvalue weighted by molar-refractivity contribution is -0.112. The molecule has 0 atom stereocenters. The molecule has 0 aliphatic rings. The first-order valence-electron chi connectivity index (χ1n) is 8.67. The van der Waals surface area contributed by atoms with Gasteiger partial charge < -0.3 is 14.3 Å². The van der Waals surface area contributed by atoms with Crippen LogP contribution in [-0.2, 0) is 11.3 Å². The number of anilines is 1. The quantitative estimate of drug-likeness (QED) is 0.534. The second-order valence-electron chi connectivity index (χ2n) is 6.48. The van der Waals surface area contributed by atoms with Gasteiger partial charge in [-0.05, 0) is 62.7 Å². The summed E-state index contributed by atoms with van der Waals surface area (Å²) in [5, 5.41) is 12.2. The van der Waals surface area contributed by atoms with Crippen LogP contribution >= 0.6 is 0 Å². The highest BCUT2D eigenvalue weighted by Gasteiger charge is 2.14.